The summed E-state index contributed by atoms with van der Waals surface area (Å²) in [4.78, 5) is 25.3. The van der Waals surface area contributed by atoms with Crippen LogP contribution in [0.1, 0.15) is 44.6 Å². The average molecular weight is 443 g/mol. The second-order valence-corrected chi connectivity index (χ2v) is 8.13. The molecule has 1 unspecified atom stereocenters. The van der Waals surface area contributed by atoms with Crippen molar-refractivity contribution in [3.8, 4) is 0 Å². The third-order valence-electron chi connectivity index (χ3n) is 4.63. The van der Waals surface area contributed by atoms with Gasteiger partial charge in [-0.2, -0.15) is 4.37 Å². The van der Waals surface area contributed by atoms with Crippen molar-refractivity contribution < 1.29 is 9.59 Å². The fourth-order valence-electron chi connectivity index (χ4n) is 2.92. The fourth-order valence-corrected chi connectivity index (χ4v) is 3.82. The van der Waals surface area contributed by atoms with Crippen LogP contribution in [0.2, 0.25) is 5.02 Å². The Morgan fingerprint density at radius 1 is 1.10 bits per heavy atom. The van der Waals surface area contributed by atoms with Crippen molar-refractivity contribution in [2.75, 3.05) is 5.73 Å². The number of halogens is 1. The van der Waals surface area contributed by atoms with Gasteiger partial charge in [0.1, 0.15) is 4.88 Å². The minimum atomic E-state index is -0.445. The molecular weight excluding hydrogens is 420 g/mol. The lowest BCUT2D eigenvalue weighted by Gasteiger charge is -2.13. The van der Waals surface area contributed by atoms with Gasteiger partial charge in [-0.15, -0.1) is 0 Å². The number of hydrogen-bond donors (Lipinski definition) is 3. The van der Waals surface area contributed by atoms with E-state index in [0.29, 0.717) is 5.02 Å². The second kappa shape index (κ2) is 10.2. The van der Waals surface area contributed by atoms with Gasteiger partial charge >= 0.3 is 0 Å². The van der Waals surface area contributed by atoms with Gasteiger partial charge in [0, 0.05) is 17.6 Å². The Bertz CT molecular complexity index is 1020. The molecule has 156 valence electrons. The number of aryl methyl sites for hydroxylation is 1. The van der Waals surface area contributed by atoms with Gasteiger partial charge in [-0.25, -0.2) is 0 Å². The average Bonchev–Trinajstić information content (AvgIpc) is 3.14. The molecule has 0 aliphatic rings. The van der Waals surface area contributed by atoms with E-state index in [1.165, 1.54) is 5.56 Å². The van der Waals surface area contributed by atoms with Gasteiger partial charge < -0.3 is 16.4 Å². The van der Waals surface area contributed by atoms with E-state index in [-0.39, 0.29) is 34.8 Å². The van der Waals surface area contributed by atoms with Crippen LogP contribution in [0.5, 0.6) is 0 Å². The number of nitrogen functional groups attached to an aromatic ring is 1. The standard InChI is InChI=1S/C22H23ClN4O2S/c1-14(11-12-15-7-3-2-4-8-15)26-22(29)20-18(24)19(27-30-20)21(28)25-13-16-9-5-6-10-17(16)23/h2-10,14H,11-13,24H2,1H3,(H,25,28)(H,26,29). The van der Waals surface area contributed by atoms with Gasteiger partial charge in [0.25, 0.3) is 11.8 Å². The molecule has 3 aromatic rings. The summed E-state index contributed by atoms with van der Waals surface area (Å²) in [6, 6.07) is 17.3. The number of carbonyl (C=O) groups is 2. The number of nitrogens with one attached hydrogen (secondary N) is 2. The van der Waals surface area contributed by atoms with Gasteiger partial charge in [0.15, 0.2) is 5.69 Å². The second-order valence-electron chi connectivity index (χ2n) is 6.95. The highest BCUT2D eigenvalue weighted by molar-refractivity contribution is 7.09. The van der Waals surface area contributed by atoms with Crippen LogP contribution in [0.15, 0.2) is 54.6 Å². The van der Waals surface area contributed by atoms with E-state index in [1.54, 1.807) is 6.07 Å². The number of carbonyl (C=O) groups excluding carboxylic acids is 2. The molecule has 0 bridgehead atoms. The maximum atomic E-state index is 12.6. The molecule has 0 aliphatic carbocycles. The van der Waals surface area contributed by atoms with Crippen molar-refractivity contribution in [3.05, 3.63) is 81.3 Å². The van der Waals surface area contributed by atoms with Crippen molar-refractivity contribution >= 4 is 40.6 Å². The fraction of sp³-hybridized carbons (Fsp3) is 0.227. The molecule has 4 N–H and O–H groups in total. The van der Waals surface area contributed by atoms with Gasteiger partial charge in [0.2, 0.25) is 0 Å². The third-order valence-corrected chi connectivity index (χ3v) is 5.86. The van der Waals surface area contributed by atoms with E-state index in [0.717, 1.165) is 29.9 Å². The molecule has 3 rings (SSSR count). The number of nitrogens with zero attached hydrogens (tertiary/aromatic N) is 1. The van der Waals surface area contributed by atoms with Crippen molar-refractivity contribution in [2.45, 2.75) is 32.4 Å². The van der Waals surface area contributed by atoms with E-state index in [1.807, 2.05) is 43.3 Å². The molecule has 1 atom stereocenters. The minimum Gasteiger partial charge on any atom is -0.395 e. The summed E-state index contributed by atoms with van der Waals surface area (Å²) >= 11 is 7.02. The molecule has 0 radical (unpaired) electrons. The first-order valence-corrected chi connectivity index (χ1v) is 10.7. The van der Waals surface area contributed by atoms with E-state index >= 15 is 0 Å². The van der Waals surface area contributed by atoms with Crippen LogP contribution < -0.4 is 16.4 Å². The minimum absolute atomic E-state index is 0.0447. The Morgan fingerprint density at radius 2 is 1.80 bits per heavy atom. The van der Waals surface area contributed by atoms with Crippen molar-refractivity contribution in [3.63, 3.8) is 0 Å². The molecule has 0 spiro atoms. The Kier molecular flexibility index (Phi) is 7.43. The number of anilines is 1. The SMILES string of the molecule is CC(CCc1ccccc1)NC(=O)c1snc(C(=O)NCc2ccccc2Cl)c1N. The van der Waals surface area contributed by atoms with Crippen molar-refractivity contribution in [1.82, 2.24) is 15.0 Å². The molecule has 30 heavy (non-hydrogen) atoms. The van der Waals surface area contributed by atoms with E-state index < -0.39 is 5.91 Å². The molecule has 0 fully saturated rings. The lowest BCUT2D eigenvalue weighted by molar-refractivity contribution is 0.0941. The number of rotatable bonds is 8. The molecule has 2 amide bonds. The zero-order chi connectivity index (χ0) is 21.5. The van der Waals surface area contributed by atoms with Crippen LogP contribution >= 0.6 is 23.1 Å². The summed E-state index contributed by atoms with van der Waals surface area (Å²) in [5.74, 6) is -0.768. The monoisotopic (exact) mass is 442 g/mol. The lowest BCUT2D eigenvalue weighted by Crippen LogP contribution is -2.33. The van der Waals surface area contributed by atoms with Crippen molar-refractivity contribution in [2.24, 2.45) is 0 Å². The third kappa shape index (κ3) is 5.58. The van der Waals surface area contributed by atoms with Gasteiger partial charge in [0.05, 0.1) is 5.69 Å². The number of aromatic nitrogens is 1. The molecule has 1 aromatic heterocycles. The summed E-state index contributed by atoms with van der Waals surface area (Å²) < 4.78 is 4.08. The Morgan fingerprint density at radius 3 is 2.53 bits per heavy atom. The van der Waals surface area contributed by atoms with E-state index in [2.05, 4.69) is 27.1 Å². The molecule has 2 aromatic carbocycles. The maximum Gasteiger partial charge on any atom is 0.273 e. The van der Waals surface area contributed by atoms with Crippen LogP contribution in [0.25, 0.3) is 0 Å². The summed E-state index contributed by atoms with van der Waals surface area (Å²) in [5, 5.41) is 6.23. The number of hydrogen-bond acceptors (Lipinski definition) is 5. The molecular formula is C22H23ClN4O2S. The molecule has 1 heterocycles. The molecule has 8 heteroatoms. The maximum absolute atomic E-state index is 12.6. The predicted octanol–water partition coefficient (Wildman–Crippen LogP) is 4.06. The predicted molar refractivity (Wildman–Crippen MR) is 121 cm³/mol. The Labute approximate surface area is 184 Å². The largest absolute Gasteiger partial charge is 0.395 e. The van der Waals surface area contributed by atoms with Crippen molar-refractivity contribution in [1.29, 1.82) is 0 Å². The van der Waals surface area contributed by atoms with Crippen LogP contribution in [-0.4, -0.2) is 22.2 Å². The molecule has 6 nitrogen and oxygen atoms in total. The zero-order valence-electron chi connectivity index (χ0n) is 16.5. The Balaban J connectivity index is 1.56. The number of nitrogens with two attached hydrogens (primary N) is 1. The van der Waals surface area contributed by atoms with Gasteiger partial charge in [-0.05, 0) is 48.5 Å². The molecule has 0 aliphatic heterocycles. The lowest BCUT2D eigenvalue weighted by atomic mass is 10.1. The van der Waals surface area contributed by atoms with Crippen LogP contribution in [0, 0.1) is 0 Å². The first-order chi connectivity index (χ1) is 14.5. The first kappa shape index (κ1) is 21.8. The van der Waals surface area contributed by atoms with E-state index in [4.69, 9.17) is 17.3 Å². The van der Waals surface area contributed by atoms with Crippen LogP contribution in [0.4, 0.5) is 5.69 Å². The highest BCUT2D eigenvalue weighted by Crippen LogP contribution is 2.22. The molecule has 0 saturated carbocycles. The smallest absolute Gasteiger partial charge is 0.273 e. The van der Waals surface area contributed by atoms with Crippen LogP contribution in [-0.2, 0) is 13.0 Å². The quantitative estimate of drug-likeness (QED) is 0.490. The summed E-state index contributed by atoms with van der Waals surface area (Å²) in [7, 11) is 0. The highest BCUT2D eigenvalue weighted by atomic mass is 35.5. The normalized spacial score (nSPS) is 11.7. The summed E-state index contributed by atoms with van der Waals surface area (Å²) in [6.45, 7) is 2.18. The van der Waals surface area contributed by atoms with Gasteiger partial charge in [-0.1, -0.05) is 60.1 Å². The Hall–Kier alpha value is -2.90. The summed E-state index contributed by atoms with van der Waals surface area (Å²) in [6.07, 6.45) is 1.65. The number of amides is 2. The topological polar surface area (TPSA) is 97.1 Å². The van der Waals surface area contributed by atoms with E-state index in [9.17, 15) is 9.59 Å². The van der Waals surface area contributed by atoms with Gasteiger partial charge in [-0.3, -0.25) is 9.59 Å². The highest BCUT2D eigenvalue weighted by Gasteiger charge is 2.23. The zero-order valence-corrected chi connectivity index (χ0v) is 18.1. The molecule has 0 saturated heterocycles. The van der Waals surface area contributed by atoms with Crippen LogP contribution in [0.3, 0.4) is 0 Å². The first-order valence-electron chi connectivity index (χ1n) is 9.57. The summed E-state index contributed by atoms with van der Waals surface area (Å²) in [5.41, 5.74) is 8.18. The number of benzene rings is 2.